The zero-order chi connectivity index (χ0) is 18.3. The Morgan fingerprint density at radius 2 is 2.23 bits per heavy atom. The van der Waals surface area contributed by atoms with Gasteiger partial charge in [0.25, 0.3) is 0 Å². The number of fused-ring (bicyclic) bond motifs is 2. The van der Waals surface area contributed by atoms with E-state index in [9.17, 15) is 4.79 Å². The summed E-state index contributed by atoms with van der Waals surface area (Å²) in [5.74, 6) is 0.841. The number of carbonyl (C=O) groups is 1. The number of nitrogen functional groups attached to an aromatic ring is 1. The highest BCUT2D eigenvalue weighted by Gasteiger charge is 2.19. The molecule has 4 N–H and O–H groups in total. The minimum atomic E-state index is -0.382. The number of carbonyl (C=O) groups excluding carboxylic acids is 1. The maximum atomic E-state index is 11.3. The fourth-order valence-electron chi connectivity index (χ4n) is 2.97. The predicted molar refractivity (Wildman–Crippen MR) is 98.0 cm³/mol. The van der Waals surface area contributed by atoms with Crippen LogP contribution < -0.4 is 16.2 Å². The summed E-state index contributed by atoms with van der Waals surface area (Å²) in [6.07, 6.45) is 2.52. The number of aromatic nitrogens is 4. The maximum Gasteiger partial charge on any atom is 0.219 e. The number of primary amides is 1. The van der Waals surface area contributed by atoms with Gasteiger partial charge in [-0.3, -0.25) is 4.79 Å². The third-order valence-corrected chi connectivity index (χ3v) is 5.45. The average Bonchev–Trinajstić information content (AvgIpc) is 3.18. The summed E-state index contributed by atoms with van der Waals surface area (Å²) < 4.78 is 7.53. The Labute approximate surface area is 154 Å². The van der Waals surface area contributed by atoms with Crippen LogP contribution in [0.1, 0.15) is 17.5 Å². The number of anilines is 1. The van der Waals surface area contributed by atoms with E-state index in [1.807, 2.05) is 10.6 Å². The lowest BCUT2D eigenvalue weighted by atomic mass is 10.1. The van der Waals surface area contributed by atoms with Gasteiger partial charge in [-0.25, -0.2) is 15.0 Å². The van der Waals surface area contributed by atoms with Crippen molar-refractivity contribution in [2.75, 3.05) is 12.3 Å². The molecule has 0 saturated carbocycles. The molecule has 0 fully saturated rings. The van der Waals surface area contributed by atoms with Crippen LogP contribution in [0.15, 0.2) is 28.5 Å². The molecule has 1 amide bonds. The molecule has 0 unspecified atom stereocenters. The molecule has 1 aromatic carbocycles. The van der Waals surface area contributed by atoms with Crippen molar-refractivity contribution in [3.8, 4) is 5.75 Å². The van der Waals surface area contributed by atoms with Crippen molar-refractivity contribution in [1.29, 1.82) is 0 Å². The van der Waals surface area contributed by atoms with E-state index in [1.165, 1.54) is 23.7 Å². The number of benzene rings is 1. The number of amides is 1. The Morgan fingerprint density at radius 1 is 1.38 bits per heavy atom. The van der Waals surface area contributed by atoms with Crippen LogP contribution in [0.4, 0.5) is 5.82 Å². The molecule has 0 atom stereocenters. The Kier molecular flexibility index (Phi) is 4.15. The first-order valence-corrected chi connectivity index (χ1v) is 9.04. The number of ether oxygens (including phenoxy) is 1. The van der Waals surface area contributed by atoms with Crippen molar-refractivity contribution in [3.63, 3.8) is 0 Å². The summed E-state index contributed by atoms with van der Waals surface area (Å²) in [5.41, 5.74) is 14.7. The van der Waals surface area contributed by atoms with Crippen molar-refractivity contribution in [3.05, 3.63) is 29.6 Å². The summed E-state index contributed by atoms with van der Waals surface area (Å²) in [6, 6.07) is 4.18. The number of nitrogens with zero attached hydrogens (tertiary/aromatic N) is 4. The number of imidazole rings is 1. The highest BCUT2D eigenvalue weighted by Crippen LogP contribution is 2.37. The molecule has 2 aromatic heterocycles. The van der Waals surface area contributed by atoms with Crippen molar-refractivity contribution >= 4 is 34.7 Å². The van der Waals surface area contributed by atoms with Crippen molar-refractivity contribution < 1.29 is 9.53 Å². The first kappa shape index (κ1) is 16.6. The van der Waals surface area contributed by atoms with E-state index < -0.39 is 0 Å². The first-order valence-electron chi connectivity index (χ1n) is 8.22. The molecular weight excluding hydrogens is 352 g/mol. The summed E-state index contributed by atoms with van der Waals surface area (Å²) in [7, 11) is 0. The molecule has 3 heterocycles. The highest BCUT2D eigenvalue weighted by atomic mass is 32.2. The second-order valence-electron chi connectivity index (χ2n) is 6.12. The number of hydrogen-bond acceptors (Lipinski definition) is 7. The normalized spacial score (nSPS) is 13.0. The molecule has 0 saturated heterocycles. The molecular formula is C17H18N6O2S. The molecule has 0 aliphatic carbocycles. The molecule has 0 radical (unpaired) electrons. The van der Waals surface area contributed by atoms with Gasteiger partial charge in [0, 0.05) is 24.3 Å². The van der Waals surface area contributed by atoms with Gasteiger partial charge >= 0.3 is 0 Å². The Hall–Kier alpha value is -2.81. The van der Waals surface area contributed by atoms with E-state index >= 15 is 0 Å². The molecule has 0 bridgehead atoms. The zero-order valence-electron chi connectivity index (χ0n) is 14.2. The highest BCUT2D eigenvalue weighted by molar-refractivity contribution is 7.99. The van der Waals surface area contributed by atoms with E-state index in [4.69, 9.17) is 16.2 Å². The van der Waals surface area contributed by atoms with Crippen LogP contribution in [-0.4, -0.2) is 32.0 Å². The standard InChI is InChI=1S/C17H18N6O2S/c1-9-6-10-3-5-25-11(10)7-12(9)26-17-22-14-15(19)20-8-21-16(14)23(17)4-2-13(18)24/h6-8H,2-5H2,1H3,(H2,18,24)(H2,19,20,21). The second kappa shape index (κ2) is 6.49. The van der Waals surface area contributed by atoms with E-state index in [0.717, 1.165) is 22.6 Å². The summed E-state index contributed by atoms with van der Waals surface area (Å²) in [5, 5.41) is 0.689. The fourth-order valence-corrected chi connectivity index (χ4v) is 3.98. The molecule has 134 valence electrons. The topological polar surface area (TPSA) is 122 Å². The van der Waals surface area contributed by atoms with Crippen LogP contribution in [0.5, 0.6) is 5.75 Å². The average molecular weight is 370 g/mol. The van der Waals surface area contributed by atoms with Crippen LogP contribution in [0, 0.1) is 6.92 Å². The summed E-state index contributed by atoms with van der Waals surface area (Å²) in [6.45, 7) is 3.16. The van der Waals surface area contributed by atoms with E-state index in [2.05, 4.69) is 27.9 Å². The molecule has 9 heteroatoms. The third-order valence-electron chi connectivity index (χ3n) is 4.30. The van der Waals surface area contributed by atoms with Crippen LogP contribution in [0.3, 0.4) is 0 Å². The molecule has 26 heavy (non-hydrogen) atoms. The molecule has 4 rings (SSSR count). The lowest BCUT2D eigenvalue weighted by Crippen LogP contribution is -2.14. The molecule has 8 nitrogen and oxygen atoms in total. The van der Waals surface area contributed by atoms with E-state index in [1.54, 1.807) is 0 Å². The fraction of sp³-hybridized carbons (Fsp3) is 0.294. The summed E-state index contributed by atoms with van der Waals surface area (Å²) in [4.78, 5) is 25.2. The molecule has 1 aliphatic heterocycles. The van der Waals surface area contributed by atoms with Gasteiger partial charge in [-0.05, 0) is 24.1 Å². The second-order valence-corrected chi connectivity index (χ2v) is 7.13. The van der Waals surface area contributed by atoms with Crippen LogP contribution >= 0.6 is 11.8 Å². The van der Waals surface area contributed by atoms with Crippen molar-refractivity contribution in [2.24, 2.45) is 5.73 Å². The van der Waals surface area contributed by atoms with Gasteiger partial charge in [-0.1, -0.05) is 17.8 Å². The maximum absolute atomic E-state index is 11.3. The van der Waals surface area contributed by atoms with Gasteiger partial charge in [0.05, 0.1) is 6.61 Å². The SMILES string of the molecule is Cc1cc2c(cc1Sc1nc3c(N)ncnc3n1CCC(N)=O)OCC2. The van der Waals surface area contributed by atoms with Gasteiger partial charge in [-0.2, -0.15) is 0 Å². The van der Waals surface area contributed by atoms with Gasteiger partial charge in [0.1, 0.15) is 12.1 Å². The van der Waals surface area contributed by atoms with Gasteiger partial charge in [-0.15, -0.1) is 0 Å². The quantitative estimate of drug-likeness (QED) is 0.700. The Balaban J connectivity index is 1.77. The van der Waals surface area contributed by atoms with Crippen LogP contribution in [0.2, 0.25) is 0 Å². The summed E-state index contributed by atoms with van der Waals surface area (Å²) >= 11 is 1.49. The van der Waals surface area contributed by atoms with Crippen molar-refractivity contribution in [2.45, 2.75) is 36.4 Å². The van der Waals surface area contributed by atoms with Gasteiger partial charge < -0.3 is 20.8 Å². The van der Waals surface area contributed by atoms with Crippen molar-refractivity contribution in [1.82, 2.24) is 19.5 Å². The Morgan fingerprint density at radius 3 is 3.04 bits per heavy atom. The number of rotatable bonds is 5. The molecule has 0 spiro atoms. The number of hydrogen-bond donors (Lipinski definition) is 2. The largest absolute Gasteiger partial charge is 0.493 e. The van der Waals surface area contributed by atoms with Gasteiger partial charge in [0.15, 0.2) is 22.1 Å². The third kappa shape index (κ3) is 2.94. The van der Waals surface area contributed by atoms with Crippen LogP contribution in [0.25, 0.3) is 11.2 Å². The minimum absolute atomic E-state index is 0.190. The minimum Gasteiger partial charge on any atom is -0.493 e. The van der Waals surface area contributed by atoms with Crippen LogP contribution in [-0.2, 0) is 17.8 Å². The first-order chi connectivity index (χ1) is 12.5. The molecule has 1 aliphatic rings. The lowest BCUT2D eigenvalue weighted by Gasteiger charge is -2.10. The van der Waals surface area contributed by atoms with E-state index in [0.29, 0.717) is 35.3 Å². The predicted octanol–water partition coefficient (Wildman–Crippen LogP) is 1.68. The number of nitrogens with two attached hydrogens (primary N) is 2. The van der Waals surface area contributed by atoms with Gasteiger partial charge in [0.2, 0.25) is 5.91 Å². The van der Waals surface area contributed by atoms with E-state index in [-0.39, 0.29) is 12.3 Å². The smallest absolute Gasteiger partial charge is 0.219 e. The monoisotopic (exact) mass is 370 g/mol. The Bertz CT molecular complexity index is 1020. The number of aryl methyl sites for hydroxylation is 2. The molecule has 3 aromatic rings. The lowest BCUT2D eigenvalue weighted by molar-refractivity contribution is -0.118. The zero-order valence-corrected chi connectivity index (χ0v) is 15.0.